The molecule has 2 nitrogen and oxygen atoms in total. The van der Waals surface area contributed by atoms with Crippen molar-refractivity contribution in [2.45, 2.75) is 23.7 Å². The summed E-state index contributed by atoms with van der Waals surface area (Å²) in [6, 6.07) is 18.1. The number of halogens is 1. The monoisotopic (exact) mass is 379 g/mol. The second kappa shape index (κ2) is 10.7. The SMILES string of the molecule is C[C@H](SCc1ccccc1)C(=O)NCCSCc1ccccc1Cl. The molecule has 0 aliphatic carbocycles. The Bertz CT molecular complexity index is 636. The number of carbonyl (C=O) groups excluding carboxylic acids is 1. The summed E-state index contributed by atoms with van der Waals surface area (Å²) in [7, 11) is 0. The van der Waals surface area contributed by atoms with Gasteiger partial charge in [0.05, 0.1) is 5.25 Å². The summed E-state index contributed by atoms with van der Waals surface area (Å²) in [6.45, 7) is 2.64. The van der Waals surface area contributed by atoms with E-state index < -0.39 is 0 Å². The van der Waals surface area contributed by atoms with E-state index in [-0.39, 0.29) is 11.2 Å². The highest BCUT2D eigenvalue weighted by Crippen LogP contribution is 2.20. The molecule has 0 heterocycles. The summed E-state index contributed by atoms with van der Waals surface area (Å²) in [5.74, 6) is 2.71. The lowest BCUT2D eigenvalue weighted by atomic mass is 10.2. The number of thioether (sulfide) groups is 2. The fourth-order valence-corrected chi connectivity index (χ4v) is 4.07. The molecular weight excluding hydrogens is 358 g/mol. The molecule has 0 aliphatic heterocycles. The normalized spacial score (nSPS) is 11.9. The second-order valence-electron chi connectivity index (χ2n) is 5.37. The van der Waals surface area contributed by atoms with Crippen LogP contribution in [0.3, 0.4) is 0 Å². The number of amides is 1. The third kappa shape index (κ3) is 6.80. The minimum Gasteiger partial charge on any atom is -0.354 e. The van der Waals surface area contributed by atoms with Crippen molar-refractivity contribution in [3.8, 4) is 0 Å². The molecular formula is C19H22ClNOS2. The van der Waals surface area contributed by atoms with E-state index >= 15 is 0 Å². The van der Waals surface area contributed by atoms with Crippen LogP contribution in [0.25, 0.3) is 0 Å². The van der Waals surface area contributed by atoms with Gasteiger partial charge in [-0.3, -0.25) is 4.79 Å². The van der Waals surface area contributed by atoms with Crippen molar-refractivity contribution < 1.29 is 4.79 Å². The predicted molar refractivity (Wildman–Crippen MR) is 108 cm³/mol. The van der Waals surface area contributed by atoms with Crippen LogP contribution in [0.5, 0.6) is 0 Å². The Morgan fingerprint density at radius 3 is 2.54 bits per heavy atom. The summed E-state index contributed by atoms with van der Waals surface area (Å²) < 4.78 is 0. The fraction of sp³-hybridized carbons (Fsp3) is 0.316. The molecule has 0 fully saturated rings. The van der Waals surface area contributed by atoms with E-state index in [0.29, 0.717) is 6.54 Å². The smallest absolute Gasteiger partial charge is 0.232 e. The maximum absolute atomic E-state index is 12.1. The van der Waals surface area contributed by atoms with E-state index in [4.69, 9.17) is 11.6 Å². The highest BCUT2D eigenvalue weighted by molar-refractivity contribution is 7.99. The Hall–Kier alpha value is -1.10. The van der Waals surface area contributed by atoms with Gasteiger partial charge in [0.1, 0.15) is 0 Å². The fourth-order valence-electron chi connectivity index (χ4n) is 2.06. The maximum Gasteiger partial charge on any atom is 0.232 e. The van der Waals surface area contributed by atoms with Crippen molar-refractivity contribution in [2.24, 2.45) is 0 Å². The van der Waals surface area contributed by atoms with Crippen LogP contribution in [0.4, 0.5) is 0 Å². The van der Waals surface area contributed by atoms with Gasteiger partial charge in [0.25, 0.3) is 0 Å². The summed E-state index contributed by atoms with van der Waals surface area (Å²) in [6.07, 6.45) is 0. The number of hydrogen-bond donors (Lipinski definition) is 1. The molecule has 0 spiro atoms. The van der Waals surface area contributed by atoms with Crippen LogP contribution in [0.1, 0.15) is 18.1 Å². The van der Waals surface area contributed by atoms with E-state index in [0.717, 1.165) is 27.8 Å². The van der Waals surface area contributed by atoms with Gasteiger partial charge in [-0.2, -0.15) is 11.8 Å². The van der Waals surface area contributed by atoms with Crippen molar-refractivity contribution in [1.29, 1.82) is 0 Å². The quantitative estimate of drug-likeness (QED) is 0.621. The van der Waals surface area contributed by atoms with Crippen LogP contribution < -0.4 is 5.32 Å². The van der Waals surface area contributed by atoms with Gasteiger partial charge in [-0.05, 0) is 24.1 Å². The Balaban J connectivity index is 1.59. The van der Waals surface area contributed by atoms with Gasteiger partial charge >= 0.3 is 0 Å². The third-order valence-corrected chi connectivity index (χ3v) is 6.06. The molecule has 2 rings (SSSR count). The number of benzene rings is 2. The Morgan fingerprint density at radius 2 is 1.79 bits per heavy atom. The summed E-state index contributed by atoms with van der Waals surface area (Å²) in [4.78, 5) is 12.1. The molecule has 2 aromatic carbocycles. The highest BCUT2D eigenvalue weighted by atomic mass is 35.5. The van der Waals surface area contributed by atoms with Gasteiger partial charge in [-0.15, -0.1) is 11.8 Å². The molecule has 24 heavy (non-hydrogen) atoms. The number of hydrogen-bond acceptors (Lipinski definition) is 3. The van der Waals surface area contributed by atoms with Crippen LogP contribution in [-0.4, -0.2) is 23.5 Å². The summed E-state index contributed by atoms with van der Waals surface area (Å²) in [5, 5.41) is 3.77. The van der Waals surface area contributed by atoms with Crippen molar-refractivity contribution in [3.05, 3.63) is 70.7 Å². The van der Waals surface area contributed by atoms with Crippen molar-refractivity contribution in [3.63, 3.8) is 0 Å². The van der Waals surface area contributed by atoms with E-state index in [1.54, 1.807) is 23.5 Å². The van der Waals surface area contributed by atoms with E-state index in [9.17, 15) is 4.79 Å². The van der Waals surface area contributed by atoms with E-state index in [1.165, 1.54) is 5.56 Å². The first-order valence-corrected chi connectivity index (χ1v) is 10.5. The predicted octanol–water partition coefficient (Wildman–Crippen LogP) is 5.01. The lowest BCUT2D eigenvalue weighted by molar-refractivity contribution is -0.120. The maximum atomic E-state index is 12.1. The number of rotatable bonds is 9. The Labute approximate surface area is 157 Å². The van der Waals surface area contributed by atoms with Crippen LogP contribution in [-0.2, 0) is 16.3 Å². The summed E-state index contributed by atoms with van der Waals surface area (Å²) in [5.41, 5.74) is 2.39. The van der Waals surface area contributed by atoms with E-state index in [1.807, 2.05) is 49.4 Å². The minimum absolute atomic E-state index is 0.0428. The van der Waals surface area contributed by atoms with Gasteiger partial charge in [0.2, 0.25) is 5.91 Å². The topological polar surface area (TPSA) is 29.1 Å². The first-order chi connectivity index (χ1) is 11.7. The lowest BCUT2D eigenvalue weighted by Gasteiger charge is -2.12. The first-order valence-electron chi connectivity index (χ1n) is 7.91. The molecule has 0 saturated carbocycles. The molecule has 2 aromatic rings. The van der Waals surface area contributed by atoms with Crippen molar-refractivity contribution >= 4 is 41.0 Å². The molecule has 5 heteroatoms. The molecule has 0 aliphatic rings. The van der Waals surface area contributed by atoms with Crippen molar-refractivity contribution in [1.82, 2.24) is 5.32 Å². The molecule has 128 valence electrons. The zero-order chi connectivity index (χ0) is 17.2. The zero-order valence-electron chi connectivity index (χ0n) is 13.7. The van der Waals surface area contributed by atoms with Crippen LogP contribution in [0.15, 0.2) is 54.6 Å². The highest BCUT2D eigenvalue weighted by Gasteiger charge is 2.12. The lowest BCUT2D eigenvalue weighted by Crippen LogP contribution is -2.32. The van der Waals surface area contributed by atoms with E-state index in [2.05, 4.69) is 17.4 Å². The van der Waals surface area contributed by atoms with Gasteiger partial charge in [-0.1, -0.05) is 60.1 Å². The minimum atomic E-state index is -0.0428. The summed E-state index contributed by atoms with van der Waals surface area (Å²) >= 11 is 9.57. The van der Waals surface area contributed by atoms with Crippen molar-refractivity contribution in [2.75, 3.05) is 12.3 Å². The molecule has 1 N–H and O–H groups in total. The number of nitrogens with one attached hydrogen (secondary N) is 1. The average molecular weight is 380 g/mol. The van der Waals surface area contributed by atoms with Crippen LogP contribution >= 0.6 is 35.1 Å². The largest absolute Gasteiger partial charge is 0.354 e. The average Bonchev–Trinajstić information content (AvgIpc) is 2.61. The Kier molecular flexibility index (Phi) is 8.57. The molecule has 0 radical (unpaired) electrons. The molecule has 1 atom stereocenters. The molecule has 1 amide bonds. The zero-order valence-corrected chi connectivity index (χ0v) is 16.1. The molecule has 0 saturated heterocycles. The van der Waals surface area contributed by atoms with Gasteiger partial charge in [0.15, 0.2) is 0 Å². The second-order valence-corrected chi connectivity index (χ2v) is 8.22. The molecule has 0 unspecified atom stereocenters. The molecule has 0 aromatic heterocycles. The first kappa shape index (κ1) is 19.2. The Morgan fingerprint density at radius 1 is 1.08 bits per heavy atom. The van der Waals surface area contributed by atoms with Crippen LogP contribution in [0, 0.1) is 0 Å². The van der Waals surface area contributed by atoms with Crippen LogP contribution in [0.2, 0.25) is 5.02 Å². The molecule has 0 bridgehead atoms. The van der Waals surface area contributed by atoms with Gasteiger partial charge in [0, 0.05) is 28.8 Å². The third-order valence-electron chi connectivity index (χ3n) is 3.47. The van der Waals surface area contributed by atoms with Gasteiger partial charge < -0.3 is 5.32 Å². The standard InChI is InChI=1S/C19H22ClNOS2/c1-15(24-13-16-7-3-2-4-8-16)19(22)21-11-12-23-14-17-9-5-6-10-18(17)20/h2-10,15H,11-14H2,1H3,(H,21,22)/t15-/m0/s1. The van der Waals surface area contributed by atoms with Gasteiger partial charge in [-0.25, -0.2) is 0 Å². The number of carbonyl (C=O) groups is 1.